The van der Waals surface area contributed by atoms with Crippen LogP contribution in [0.25, 0.3) is 0 Å². The van der Waals surface area contributed by atoms with Gasteiger partial charge in [-0.25, -0.2) is 4.39 Å². The topological polar surface area (TPSA) is 47.0 Å². The molecule has 24 heavy (non-hydrogen) atoms. The molecule has 4 nitrogen and oxygen atoms in total. The van der Waals surface area contributed by atoms with Gasteiger partial charge < -0.3 is 10.1 Å². The number of hydrogen-bond acceptors (Lipinski definition) is 5. The van der Waals surface area contributed by atoms with Crippen LogP contribution < -0.4 is 5.32 Å². The van der Waals surface area contributed by atoms with E-state index in [-0.39, 0.29) is 11.4 Å². The van der Waals surface area contributed by atoms with E-state index in [0.29, 0.717) is 12.5 Å². The first-order valence-corrected chi connectivity index (χ1v) is 9.27. The Morgan fingerprint density at radius 3 is 2.54 bits per heavy atom. The molecular formula is C18H24FN3OS. The predicted octanol–water partition coefficient (Wildman–Crippen LogP) is 3.68. The van der Waals surface area contributed by atoms with Crippen molar-refractivity contribution in [3.05, 3.63) is 45.7 Å². The first-order chi connectivity index (χ1) is 11.6. The summed E-state index contributed by atoms with van der Waals surface area (Å²) in [5.41, 5.74) is 1.12. The summed E-state index contributed by atoms with van der Waals surface area (Å²) in [7, 11) is 0. The van der Waals surface area contributed by atoms with Gasteiger partial charge >= 0.3 is 0 Å². The molecule has 1 saturated heterocycles. The van der Waals surface area contributed by atoms with Crippen LogP contribution in [-0.4, -0.2) is 29.0 Å². The van der Waals surface area contributed by atoms with E-state index in [4.69, 9.17) is 4.74 Å². The zero-order valence-electron chi connectivity index (χ0n) is 14.2. The molecule has 2 heterocycles. The summed E-state index contributed by atoms with van der Waals surface area (Å²) in [6.07, 6.45) is 2.76. The van der Waals surface area contributed by atoms with Gasteiger partial charge in [-0.3, -0.25) is 0 Å². The summed E-state index contributed by atoms with van der Waals surface area (Å²) in [6, 6.07) is 6.80. The first kappa shape index (κ1) is 17.5. The Labute approximate surface area is 146 Å². The van der Waals surface area contributed by atoms with Crippen molar-refractivity contribution in [1.29, 1.82) is 0 Å². The molecule has 1 aliphatic rings. The maximum atomic E-state index is 13.1. The maximum Gasteiger partial charge on any atom is 0.131 e. The molecule has 3 rings (SSSR count). The maximum absolute atomic E-state index is 13.1. The second-order valence-electron chi connectivity index (χ2n) is 6.74. The molecule has 0 spiro atoms. The Morgan fingerprint density at radius 1 is 1.21 bits per heavy atom. The summed E-state index contributed by atoms with van der Waals surface area (Å²) in [4.78, 5) is 0. The molecule has 1 N–H and O–H groups in total. The zero-order valence-corrected chi connectivity index (χ0v) is 15.0. The quantitative estimate of drug-likeness (QED) is 0.864. The van der Waals surface area contributed by atoms with Crippen molar-refractivity contribution in [2.45, 2.75) is 51.1 Å². The summed E-state index contributed by atoms with van der Waals surface area (Å²) in [5.74, 6) is 0.218. The summed E-state index contributed by atoms with van der Waals surface area (Å²) < 4.78 is 18.7. The van der Waals surface area contributed by atoms with Gasteiger partial charge in [-0.2, -0.15) is 0 Å². The van der Waals surface area contributed by atoms with E-state index in [9.17, 15) is 4.39 Å². The summed E-state index contributed by atoms with van der Waals surface area (Å²) >= 11 is 1.67. The molecule has 1 aliphatic heterocycles. The molecule has 130 valence electrons. The van der Waals surface area contributed by atoms with Crippen LogP contribution in [0.5, 0.6) is 0 Å². The van der Waals surface area contributed by atoms with Gasteiger partial charge in [-0.15, -0.1) is 10.2 Å². The van der Waals surface area contributed by atoms with Crippen LogP contribution in [0.3, 0.4) is 0 Å². The lowest BCUT2D eigenvalue weighted by Gasteiger charge is -2.38. The van der Waals surface area contributed by atoms with Crippen LogP contribution in [0.1, 0.15) is 48.2 Å². The fraction of sp³-hybridized carbons (Fsp3) is 0.556. The molecule has 0 bridgehead atoms. The molecule has 1 aromatic heterocycles. The number of benzene rings is 1. The number of hydrogen-bond donors (Lipinski definition) is 1. The highest BCUT2D eigenvalue weighted by Gasteiger charge is 2.32. The number of ether oxygens (including phenoxy) is 1. The van der Waals surface area contributed by atoms with E-state index < -0.39 is 0 Å². The summed E-state index contributed by atoms with van der Waals surface area (Å²) in [5, 5.41) is 14.3. The lowest BCUT2D eigenvalue weighted by molar-refractivity contribution is 0.0373. The average molecular weight is 349 g/mol. The highest BCUT2D eigenvalue weighted by atomic mass is 32.1. The van der Waals surface area contributed by atoms with Gasteiger partial charge in [0.05, 0.1) is 6.54 Å². The first-order valence-electron chi connectivity index (χ1n) is 8.46. The monoisotopic (exact) mass is 349 g/mol. The van der Waals surface area contributed by atoms with Gasteiger partial charge in [-0.05, 0) is 37.0 Å². The molecule has 2 aromatic rings. The fourth-order valence-corrected chi connectivity index (χ4v) is 3.79. The highest BCUT2D eigenvalue weighted by Crippen LogP contribution is 2.27. The normalized spacial score (nSPS) is 17.3. The van der Waals surface area contributed by atoms with Gasteiger partial charge in [0, 0.05) is 24.7 Å². The van der Waals surface area contributed by atoms with E-state index in [2.05, 4.69) is 29.4 Å². The molecular weight excluding hydrogens is 325 g/mol. The Morgan fingerprint density at radius 2 is 1.92 bits per heavy atom. The van der Waals surface area contributed by atoms with Crippen LogP contribution in [0.15, 0.2) is 24.3 Å². The molecule has 0 aliphatic carbocycles. The van der Waals surface area contributed by atoms with Gasteiger partial charge in [0.2, 0.25) is 0 Å². The van der Waals surface area contributed by atoms with Crippen molar-refractivity contribution in [2.24, 2.45) is 0 Å². The largest absolute Gasteiger partial charge is 0.381 e. The predicted molar refractivity (Wildman–Crippen MR) is 93.7 cm³/mol. The lowest BCUT2D eigenvalue weighted by atomic mass is 9.83. The Bertz CT molecular complexity index is 651. The number of rotatable bonds is 6. The summed E-state index contributed by atoms with van der Waals surface area (Å²) in [6.45, 7) is 6.48. The number of aromatic nitrogens is 2. The van der Waals surface area contributed by atoms with Crippen molar-refractivity contribution in [1.82, 2.24) is 15.5 Å². The lowest BCUT2D eigenvalue weighted by Crippen LogP contribution is -2.50. The third kappa shape index (κ3) is 4.37. The minimum Gasteiger partial charge on any atom is -0.381 e. The standard InChI is InChI=1S/C18H24FN3OS/c1-13(2)17-22-21-16(24-17)12-20-18(7-9-23-10-8-18)11-14-3-5-15(19)6-4-14/h3-6,13,20H,7-12H2,1-2H3. The van der Waals surface area contributed by atoms with Crippen molar-refractivity contribution in [2.75, 3.05) is 13.2 Å². The molecule has 0 unspecified atom stereocenters. The van der Waals surface area contributed by atoms with E-state index in [1.165, 1.54) is 12.1 Å². The van der Waals surface area contributed by atoms with Gasteiger partial charge in [0.1, 0.15) is 15.8 Å². The molecule has 6 heteroatoms. The fourth-order valence-electron chi connectivity index (χ4n) is 3.01. The zero-order chi connectivity index (χ0) is 17.0. The van der Waals surface area contributed by atoms with E-state index in [1.54, 1.807) is 11.3 Å². The Hall–Kier alpha value is -1.37. The smallest absolute Gasteiger partial charge is 0.131 e. The van der Waals surface area contributed by atoms with E-state index >= 15 is 0 Å². The van der Waals surface area contributed by atoms with E-state index in [0.717, 1.165) is 48.1 Å². The third-order valence-electron chi connectivity index (χ3n) is 4.50. The SMILES string of the molecule is CC(C)c1nnc(CNC2(Cc3ccc(F)cc3)CCOCC2)s1. The third-order valence-corrected chi connectivity index (χ3v) is 5.72. The van der Waals surface area contributed by atoms with Crippen LogP contribution in [0.2, 0.25) is 0 Å². The van der Waals surface area contributed by atoms with Crippen LogP contribution in [-0.2, 0) is 17.7 Å². The minimum absolute atomic E-state index is 0.0280. The van der Waals surface area contributed by atoms with E-state index in [1.807, 2.05) is 12.1 Å². The van der Waals surface area contributed by atoms with Crippen molar-refractivity contribution >= 4 is 11.3 Å². The number of nitrogens with one attached hydrogen (secondary N) is 1. The molecule has 1 fully saturated rings. The van der Waals surface area contributed by atoms with Gasteiger partial charge in [0.25, 0.3) is 0 Å². The van der Waals surface area contributed by atoms with Crippen LogP contribution >= 0.6 is 11.3 Å². The molecule has 0 saturated carbocycles. The Balaban J connectivity index is 1.69. The Kier molecular flexibility index (Phi) is 5.58. The number of nitrogens with zero attached hydrogens (tertiary/aromatic N) is 2. The van der Waals surface area contributed by atoms with Crippen molar-refractivity contribution in [3.63, 3.8) is 0 Å². The minimum atomic E-state index is -0.192. The van der Waals surface area contributed by atoms with Gasteiger partial charge in [-0.1, -0.05) is 37.3 Å². The average Bonchev–Trinajstić information content (AvgIpc) is 3.06. The van der Waals surface area contributed by atoms with Crippen molar-refractivity contribution in [3.8, 4) is 0 Å². The second kappa shape index (κ2) is 7.68. The number of halogens is 1. The molecule has 0 atom stereocenters. The van der Waals surface area contributed by atoms with Crippen LogP contribution in [0, 0.1) is 5.82 Å². The molecule has 0 radical (unpaired) electrons. The van der Waals surface area contributed by atoms with Crippen molar-refractivity contribution < 1.29 is 9.13 Å². The molecule has 1 aromatic carbocycles. The van der Waals surface area contributed by atoms with Crippen LogP contribution in [0.4, 0.5) is 4.39 Å². The van der Waals surface area contributed by atoms with Gasteiger partial charge in [0.15, 0.2) is 0 Å². The molecule has 0 amide bonds. The second-order valence-corrected chi connectivity index (χ2v) is 7.83. The highest BCUT2D eigenvalue weighted by molar-refractivity contribution is 7.11.